The van der Waals surface area contributed by atoms with E-state index in [1.165, 1.54) is 0 Å². The lowest BCUT2D eigenvalue weighted by atomic mass is 10.0. The maximum Gasteiger partial charge on any atom is 0.315 e. The third-order valence-electron chi connectivity index (χ3n) is 4.45. The van der Waals surface area contributed by atoms with Crippen LogP contribution in [0.5, 0.6) is 0 Å². The molecule has 9 nitrogen and oxygen atoms in total. The number of carbonyl (C=O) groups excluding carboxylic acids is 4. The molecule has 2 aliphatic rings. The number of rotatable bonds is 11. The monoisotopic (exact) mass is 385 g/mol. The molecule has 0 aliphatic carbocycles. The summed E-state index contributed by atoms with van der Waals surface area (Å²) >= 11 is 1.87. The molecule has 2 rings (SSSR count). The first-order valence-electron chi connectivity index (χ1n) is 8.96. The van der Waals surface area contributed by atoms with E-state index in [-0.39, 0.29) is 42.8 Å². The zero-order valence-electron chi connectivity index (χ0n) is 14.7. The Morgan fingerprint density at radius 1 is 1.04 bits per heavy atom. The van der Waals surface area contributed by atoms with Crippen LogP contribution in [-0.4, -0.2) is 59.9 Å². The maximum absolute atomic E-state index is 11.8. The van der Waals surface area contributed by atoms with Gasteiger partial charge in [0.25, 0.3) is 0 Å². The third kappa shape index (κ3) is 6.74. The molecule has 5 amide bonds. The van der Waals surface area contributed by atoms with E-state index in [0.29, 0.717) is 24.8 Å². The summed E-state index contributed by atoms with van der Waals surface area (Å²) in [5.41, 5.74) is 4.97. The van der Waals surface area contributed by atoms with E-state index in [9.17, 15) is 19.2 Å². The topological polar surface area (TPSA) is 142 Å². The second-order valence-corrected chi connectivity index (χ2v) is 7.81. The van der Waals surface area contributed by atoms with Crippen molar-refractivity contribution < 1.29 is 19.2 Å². The van der Waals surface area contributed by atoms with Crippen molar-refractivity contribution >= 4 is 35.5 Å². The van der Waals surface area contributed by atoms with E-state index in [1.54, 1.807) is 0 Å². The van der Waals surface area contributed by atoms with Gasteiger partial charge in [0, 0.05) is 43.4 Å². The molecule has 0 aromatic carbocycles. The van der Waals surface area contributed by atoms with Gasteiger partial charge in [0.05, 0.1) is 12.1 Å². The van der Waals surface area contributed by atoms with Crippen molar-refractivity contribution in [3.63, 3.8) is 0 Å². The number of hydrogen-bond donors (Lipinski definition) is 5. The Labute approximate surface area is 157 Å². The third-order valence-corrected chi connectivity index (χ3v) is 5.96. The fraction of sp³-hybridized carbons (Fsp3) is 0.750. The highest BCUT2D eigenvalue weighted by Crippen LogP contribution is 2.33. The molecule has 2 aliphatic heterocycles. The van der Waals surface area contributed by atoms with Gasteiger partial charge in [0.15, 0.2) is 0 Å². The molecule has 10 heteroatoms. The first-order chi connectivity index (χ1) is 12.5. The number of hydrogen-bond acceptors (Lipinski definition) is 5. The average molecular weight is 385 g/mol. The Hall–Kier alpha value is -1.97. The normalized spacial score (nSPS) is 23.7. The molecule has 0 aromatic rings. The second-order valence-electron chi connectivity index (χ2n) is 6.53. The average Bonchev–Trinajstić information content (AvgIpc) is 3.13. The first-order valence-corrected chi connectivity index (χ1v) is 10.0. The largest absolute Gasteiger partial charge is 0.370 e. The van der Waals surface area contributed by atoms with E-state index in [0.717, 1.165) is 25.0 Å². The van der Waals surface area contributed by atoms with Crippen LogP contribution in [0.3, 0.4) is 0 Å². The summed E-state index contributed by atoms with van der Waals surface area (Å²) in [6, 6.07) is 0.366. The molecule has 2 heterocycles. The van der Waals surface area contributed by atoms with Gasteiger partial charge in [-0.2, -0.15) is 11.8 Å². The Bertz CT molecular complexity index is 545. The minimum absolute atomic E-state index is 0.0266. The van der Waals surface area contributed by atoms with Crippen LogP contribution in [-0.2, 0) is 14.4 Å². The van der Waals surface area contributed by atoms with Gasteiger partial charge in [-0.1, -0.05) is 6.42 Å². The fourth-order valence-electron chi connectivity index (χ4n) is 3.09. The van der Waals surface area contributed by atoms with E-state index in [2.05, 4.69) is 21.3 Å². The van der Waals surface area contributed by atoms with Gasteiger partial charge in [0.1, 0.15) is 0 Å². The van der Waals surface area contributed by atoms with E-state index < -0.39 is 5.91 Å². The Morgan fingerprint density at radius 2 is 1.73 bits per heavy atom. The van der Waals surface area contributed by atoms with Gasteiger partial charge in [-0.05, 0) is 12.8 Å². The number of amides is 5. The van der Waals surface area contributed by atoms with Crippen LogP contribution in [0, 0.1) is 0 Å². The van der Waals surface area contributed by atoms with E-state index >= 15 is 0 Å². The summed E-state index contributed by atoms with van der Waals surface area (Å²) in [7, 11) is 0. The van der Waals surface area contributed by atoms with Crippen molar-refractivity contribution in [2.24, 2.45) is 5.73 Å². The summed E-state index contributed by atoms with van der Waals surface area (Å²) in [5.74, 6) is 0.148. The Morgan fingerprint density at radius 3 is 2.42 bits per heavy atom. The van der Waals surface area contributed by atoms with Gasteiger partial charge in [-0.15, -0.1) is 0 Å². The molecule has 146 valence electrons. The summed E-state index contributed by atoms with van der Waals surface area (Å²) in [5, 5.41) is 11.7. The highest BCUT2D eigenvalue weighted by molar-refractivity contribution is 8.00. The zero-order chi connectivity index (χ0) is 18.9. The molecule has 6 N–H and O–H groups in total. The van der Waals surface area contributed by atoms with Crippen molar-refractivity contribution in [1.82, 2.24) is 21.3 Å². The maximum atomic E-state index is 11.8. The van der Waals surface area contributed by atoms with Gasteiger partial charge < -0.3 is 27.0 Å². The number of unbranched alkanes of at least 4 members (excludes halogenated alkanes) is 1. The Balaban J connectivity index is 1.46. The SMILES string of the molecule is NC(=O)CCC(=O)NCCNC(=O)CCCC[C@H]1SCC2NC(=O)NC21. The highest BCUT2D eigenvalue weighted by atomic mass is 32.2. The summed E-state index contributed by atoms with van der Waals surface area (Å²) in [4.78, 5) is 45.0. The van der Waals surface area contributed by atoms with Crippen molar-refractivity contribution in [2.75, 3.05) is 18.8 Å². The molecule has 2 fully saturated rings. The number of primary amides is 1. The van der Waals surface area contributed by atoms with E-state index in [1.807, 2.05) is 11.8 Å². The van der Waals surface area contributed by atoms with Crippen LogP contribution in [0.2, 0.25) is 0 Å². The molecule has 0 spiro atoms. The standard InChI is InChI=1S/C16H27N5O4S/c17-12(22)5-6-14(24)19-8-7-18-13(23)4-2-1-3-11-15-10(9-26-11)20-16(25)21-15/h10-11,15H,1-9H2,(H2,17,22)(H,18,23)(H,19,24)(H2,20,21,25)/t10?,11-,15?/m1/s1. The molecule has 0 radical (unpaired) electrons. The molecule has 0 aromatic heterocycles. The van der Waals surface area contributed by atoms with Crippen LogP contribution in [0.25, 0.3) is 0 Å². The van der Waals surface area contributed by atoms with Crippen molar-refractivity contribution in [3.05, 3.63) is 0 Å². The van der Waals surface area contributed by atoms with Gasteiger partial charge >= 0.3 is 6.03 Å². The van der Waals surface area contributed by atoms with E-state index in [4.69, 9.17) is 5.73 Å². The second kappa shape index (κ2) is 10.2. The molecule has 3 atom stereocenters. The minimum Gasteiger partial charge on any atom is -0.370 e. The van der Waals surface area contributed by atoms with Crippen LogP contribution < -0.4 is 27.0 Å². The van der Waals surface area contributed by atoms with Crippen molar-refractivity contribution in [1.29, 1.82) is 0 Å². The fourth-order valence-corrected chi connectivity index (χ4v) is 4.64. The van der Waals surface area contributed by atoms with Gasteiger partial charge in [-0.25, -0.2) is 4.79 Å². The lowest BCUT2D eigenvalue weighted by Gasteiger charge is -2.16. The van der Waals surface area contributed by atoms with Crippen molar-refractivity contribution in [3.8, 4) is 0 Å². The van der Waals surface area contributed by atoms with Crippen LogP contribution >= 0.6 is 11.8 Å². The minimum atomic E-state index is -0.508. The Kier molecular flexibility index (Phi) is 8.02. The molecule has 26 heavy (non-hydrogen) atoms. The molecule has 2 unspecified atom stereocenters. The number of urea groups is 1. The van der Waals surface area contributed by atoms with Gasteiger partial charge in [-0.3, -0.25) is 14.4 Å². The van der Waals surface area contributed by atoms with Crippen LogP contribution in [0.15, 0.2) is 0 Å². The van der Waals surface area contributed by atoms with Crippen LogP contribution in [0.4, 0.5) is 4.79 Å². The molecule has 0 bridgehead atoms. The first kappa shape index (κ1) is 20.3. The predicted molar refractivity (Wildman–Crippen MR) is 98.4 cm³/mol. The number of nitrogens with one attached hydrogen (secondary N) is 4. The summed E-state index contributed by atoms with van der Waals surface area (Å²) < 4.78 is 0. The number of fused-ring (bicyclic) bond motifs is 1. The molecular weight excluding hydrogens is 358 g/mol. The van der Waals surface area contributed by atoms with Crippen LogP contribution in [0.1, 0.15) is 38.5 Å². The quantitative estimate of drug-likeness (QED) is 0.234. The number of carbonyl (C=O) groups is 4. The zero-order valence-corrected chi connectivity index (χ0v) is 15.5. The molecular formula is C16H27N5O4S. The van der Waals surface area contributed by atoms with Crippen molar-refractivity contribution in [2.45, 2.75) is 55.9 Å². The van der Waals surface area contributed by atoms with Gasteiger partial charge in [0.2, 0.25) is 17.7 Å². The lowest BCUT2D eigenvalue weighted by molar-refractivity contribution is -0.125. The molecule has 2 saturated heterocycles. The number of thioether (sulfide) groups is 1. The smallest absolute Gasteiger partial charge is 0.315 e. The number of nitrogens with two attached hydrogens (primary N) is 1. The summed E-state index contributed by atoms with van der Waals surface area (Å²) in [6.45, 7) is 0.693. The lowest BCUT2D eigenvalue weighted by Crippen LogP contribution is -2.36. The summed E-state index contributed by atoms with van der Waals surface area (Å²) in [6.07, 6.45) is 3.27. The highest BCUT2D eigenvalue weighted by Gasteiger charge is 2.42. The molecule has 0 saturated carbocycles. The predicted octanol–water partition coefficient (Wildman–Crippen LogP) is -0.790.